The van der Waals surface area contributed by atoms with Gasteiger partial charge >= 0.3 is 11.9 Å². The number of allylic oxidation sites excluding steroid dienone is 1. The third-order valence-corrected chi connectivity index (χ3v) is 21.2. The van der Waals surface area contributed by atoms with Crippen LogP contribution in [0.4, 0.5) is 0 Å². The van der Waals surface area contributed by atoms with E-state index in [1.807, 2.05) is 13.8 Å². The van der Waals surface area contributed by atoms with E-state index in [1.54, 1.807) is 24.3 Å². The average Bonchev–Trinajstić information content (AvgIpc) is 3.53. The van der Waals surface area contributed by atoms with Gasteiger partial charge in [0.1, 0.15) is 11.6 Å². The van der Waals surface area contributed by atoms with Gasteiger partial charge in [-0.05, 0) is 159 Å². The van der Waals surface area contributed by atoms with E-state index < -0.39 is 58.2 Å². The summed E-state index contributed by atoms with van der Waals surface area (Å²) in [6.45, 7) is 20.6. The predicted octanol–water partition coefficient (Wildman–Crippen LogP) is 8.47. The molecule has 0 bridgehead atoms. The monoisotopic (exact) mass is 905 g/mol. The summed E-state index contributed by atoms with van der Waals surface area (Å²) in [4.78, 5) is 67.2. The van der Waals surface area contributed by atoms with Crippen molar-refractivity contribution >= 4 is 41.1 Å². The normalized spacial score (nSPS) is 41.3. The summed E-state index contributed by atoms with van der Waals surface area (Å²) in [6, 6.07) is 6.24. The molecule has 14 atom stereocenters. The number of aliphatic hydroxyl groups excluding tert-OH is 2. The lowest BCUT2D eigenvalue weighted by Crippen LogP contribution is -2.74. The SMILES string of the molecule is CC(C)C1=C2[C@H]3CC[C@@H]4[C@@]5(C)CC[C@H](OC(=O)[C@H]6C[C@@H](C(=O)O)C6(C)C)[C@@]6(C)CC[C@]65CC[C@@]4(C)[C@]3(C)CC[C@@]2([C@@H](O)CNC(=O)C(C)(NC(=O)c2ccc(Cl)cc2)C(C)O)CC1=O. The van der Waals surface area contributed by atoms with E-state index in [-0.39, 0.29) is 75.3 Å². The third kappa shape index (κ3) is 6.26. The molecular weight excluding hydrogens is 832 g/mol. The van der Waals surface area contributed by atoms with Crippen molar-refractivity contribution in [2.45, 2.75) is 170 Å². The van der Waals surface area contributed by atoms with E-state index in [1.165, 1.54) is 13.8 Å². The van der Waals surface area contributed by atoms with Crippen molar-refractivity contribution in [3.8, 4) is 0 Å². The first kappa shape index (κ1) is 47.2. The zero-order valence-corrected chi connectivity index (χ0v) is 40.5. The molecule has 1 spiro atoms. The van der Waals surface area contributed by atoms with Crippen LogP contribution in [-0.4, -0.2) is 75.3 Å². The highest BCUT2D eigenvalue weighted by molar-refractivity contribution is 6.30. The molecule has 0 radical (unpaired) electrons. The molecule has 7 aliphatic carbocycles. The highest BCUT2D eigenvalue weighted by Gasteiger charge is 2.78. The van der Waals surface area contributed by atoms with Gasteiger partial charge in [-0.3, -0.25) is 24.0 Å². The topological polar surface area (TPSA) is 179 Å². The van der Waals surface area contributed by atoms with Gasteiger partial charge in [-0.1, -0.05) is 72.6 Å². The van der Waals surface area contributed by atoms with E-state index in [4.69, 9.17) is 16.3 Å². The van der Waals surface area contributed by atoms with Gasteiger partial charge in [-0.2, -0.15) is 0 Å². The number of rotatable bonds is 11. The smallest absolute Gasteiger partial charge is 0.309 e. The Labute approximate surface area is 384 Å². The Morgan fingerprint density at radius 2 is 1.45 bits per heavy atom. The number of carbonyl (C=O) groups excluding carboxylic acids is 4. The molecule has 2 amide bonds. The maximum atomic E-state index is 14.3. The number of nitrogens with one attached hydrogen (secondary N) is 2. The lowest BCUT2D eigenvalue weighted by atomic mass is 9.25. The number of benzene rings is 1. The number of carboxylic acid groups (broad SMARTS) is 1. The first-order chi connectivity index (χ1) is 29.7. The minimum Gasteiger partial charge on any atom is -0.481 e. The van der Waals surface area contributed by atoms with Crippen LogP contribution in [0.3, 0.4) is 0 Å². The van der Waals surface area contributed by atoms with Gasteiger partial charge in [0.15, 0.2) is 5.78 Å². The molecule has 352 valence electrons. The number of fused-ring (bicyclic) bond motifs is 6. The second-order valence-corrected chi connectivity index (χ2v) is 24.1. The number of Topliss-reactive ketones (excluding diaryl/α,β-unsaturated/α-hetero) is 1. The molecular formula is C52H73ClN2O9. The zero-order chi connectivity index (χ0) is 47.0. The number of hydrogen-bond donors (Lipinski definition) is 5. The largest absolute Gasteiger partial charge is 0.481 e. The molecule has 6 fully saturated rings. The Bertz CT molecular complexity index is 2170. The van der Waals surface area contributed by atoms with Gasteiger partial charge in [-0.15, -0.1) is 0 Å². The van der Waals surface area contributed by atoms with Crippen molar-refractivity contribution < 1.29 is 44.0 Å². The van der Waals surface area contributed by atoms with Gasteiger partial charge in [0, 0.05) is 34.4 Å². The minimum atomic E-state index is -1.72. The van der Waals surface area contributed by atoms with Crippen LogP contribution in [0.15, 0.2) is 35.4 Å². The molecule has 0 saturated heterocycles. The van der Waals surface area contributed by atoms with Crippen LogP contribution in [0, 0.1) is 67.5 Å². The number of ether oxygens (including phenoxy) is 1. The van der Waals surface area contributed by atoms with Crippen LogP contribution < -0.4 is 10.6 Å². The fourth-order valence-corrected chi connectivity index (χ4v) is 16.4. The first-order valence-corrected chi connectivity index (χ1v) is 24.5. The molecule has 6 saturated carbocycles. The molecule has 5 N–H and O–H groups in total. The fourth-order valence-electron chi connectivity index (χ4n) is 16.3. The molecule has 8 rings (SSSR count). The summed E-state index contributed by atoms with van der Waals surface area (Å²) >= 11 is 6.02. The van der Waals surface area contributed by atoms with Crippen LogP contribution in [0.1, 0.15) is 157 Å². The van der Waals surface area contributed by atoms with Gasteiger partial charge in [-0.25, -0.2) is 0 Å². The second kappa shape index (κ2) is 15.4. The van der Waals surface area contributed by atoms with Crippen LogP contribution in [0.5, 0.6) is 0 Å². The predicted molar refractivity (Wildman–Crippen MR) is 243 cm³/mol. The van der Waals surface area contributed by atoms with Gasteiger partial charge < -0.3 is 30.7 Å². The number of ketones is 1. The number of halogens is 1. The Morgan fingerprint density at radius 3 is 2.03 bits per heavy atom. The second-order valence-electron chi connectivity index (χ2n) is 23.7. The van der Waals surface area contributed by atoms with Crippen molar-refractivity contribution in [1.82, 2.24) is 10.6 Å². The van der Waals surface area contributed by atoms with Gasteiger partial charge in [0.2, 0.25) is 5.91 Å². The van der Waals surface area contributed by atoms with Gasteiger partial charge in [0.25, 0.3) is 5.91 Å². The molecule has 2 unspecified atom stereocenters. The standard InChI is InChI=1S/C52H73ClN2O9/c1-28(2)39-35(57)26-51(37(58)27-54-44(63)50(10,29(3)56)55-41(59)30-11-13-31(53)14-12-30)22-19-46(6)32(40(39)51)15-16-36-47(46,7)20-23-52-24-21-49(52,9)38(17-18-48(36,52)8)64-43(62)34-25-33(42(60)61)45(34,4)5/h11-14,28-29,32-34,36-38,56,58H,15-27H2,1-10H3,(H,54,63)(H,55,59)(H,60,61)/t29?,32-,33+,34-,36+,37+,38+,46-,47-,48-,49-,50?,51+,52+/m1/s1. The van der Waals surface area contributed by atoms with Crippen LogP contribution in [0.25, 0.3) is 0 Å². The van der Waals surface area contributed by atoms with E-state index >= 15 is 0 Å². The number of carboxylic acids is 1. The maximum Gasteiger partial charge on any atom is 0.309 e. The summed E-state index contributed by atoms with van der Waals surface area (Å²) in [6.07, 6.45) is 7.22. The Balaban J connectivity index is 1.03. The van der Waals surface area contributed by atoms with E-state index in [0.717, 1.165) is 68.9 Å². The number of carbonyl (C=O) groups is 5. The molecule has 1 aromatic rings. The lowest BCUT2D eigenvalue weighted by Gasteiger charge is -2.79. The summed E-state index contributed by atoms with van der Waals surface area (Å²) in [5.41, 5.74) is -1.37. The van der Waals surface area contributed by atoms with Gasteiger partial charge in [0.05, 0.1) is 24.0 Å². The summed E-state index contributed by atoms with van der Waals surface area (Å²) in [7, 11) is 0. The van der Waals surface area contributed by atoms with E-state index in [0.29, 0.717) is 23.8 Å². The molecule has 64 heavy (non-hydrogen) atoms. The van der Waals surface area contributed by atoms with Crippen molar-refractivity contribution in [2.24, 2.45) is 67.5 Å². The van der Waals surface area contributed by atoms with Crippen LogP contribution in [-0.2, 0) is 23.9 Å². The van der Waals surface area contributed by atoms with E-state index in [2.05, 4.69) is 52.2 Å². The Hall–Kier alpha value is -3.28. The van der Waals surface area contributed by atoms with Crippen molar-refractivity contribution in [1.29, 1.82) is 0 Å². The third-order valence-electron chi connectivity index (χ3n) is 20.9. The first-order valence-electron chi connectivity index (χ1n) is 24.1. The molecule has 0 aromatic heterocycles. The number of hydrogen-bond acceptors (Lipinski definition) is 8. The van der Waals surface area contributed by atoms with Crippen molar-refractivity contribution in [3.63, 3.8) is 0 Å². The van der Waals surface area contributed by atoms with E-state index in [9.17, 15) is 39.3 Å². The number of aliphatic hydroxyl groups is 2. The highest BCUT2D eigenvalue weighted by atomic mass is 35.5. The number of aliphatic carboxylic acids is 1. The molecule has 0 aliphatic heterocycles. The molecule has 12 heteroatoms. The summed E-state index contributed by atoms with van der Waals surface area (Å²) in [5, 5.41) is 39.1. The molecule has 11 nitrogen and oxygen atoms in total. The average molecular weight is 906 g/mol. The van der Waals surface area contributed by atoms with Crippen LogP contribution >= 0.6 is 11.6 Å². The summed E-state index contributed by atoms with van der Waals surface area (Å²) < 4.78 is 6.53. The number of amides is 2. The molecule has 7 aliphatic rings. The maximum absolute atomic E-state index is 14.3. The highest BCUT2D eigenvalue weighted by Crippen LogP contribution is 2.84. The minimum absolute atomic E-state index is 0.00654. The quantitative estimate of drug-likeness (QED) is 0.136. The van der Waals surface area contributed by atoms with Crippen molar-refractivity contribution in [2.75, 3.05) is 6.54 Å². The Kier molecular flexibility index (Phi) is 11.3. The summed E-state index contributed by atoms with van der Waals surface area (Å²) in [5.74, 6) is -2.71. The molecule has 1 aromatic carbocycles. The number of esters is 1. The Morgan fingerprint density at radius 1 is 0.828 bits per heavy atom. The van der Waals surface area contributed by atoms with Crippen molar-refractivity contribution in [3.05, 3.63) is 46.0 Å². The fraction of sp³-hybridized carbons (Fsp3) is 0.750. The zero-order valence-electron chi connectivity index (χ0n) is 39.8. The molecule has 0 heterocycles. The van der Waals surface area contributed by atoms with Crippen LogP contribution in [0.2, 0.25) is 5.02 Å². The lowest BCUT2D eigenvalue weighted by molar-refractivity contribution is -0.321.